The molecule has 11 heavy (non-hydrogen) atoms. The van der Waals surface area contributed by atoms with Crippen LogP contribution in [-0.2, 0) is 4.79 Å². The van der Waals surface area contributed by atoms with Gasteiger partial charge in [0.1, 0.15) is 6.29 Å². The van der Waals surface area contributed by atoms with Gasteiger partial charge in [0.25, 0.3) is 0 Å². The van der Waals surface area contributed by atoms with Crippen molar-refractivity contribution in [3.8, 4) is 0 Å². The van der Waals surface area contributed by atoms with Gasteiger partial charge in [-0.15, -0.1) is 0 Å². The largest absolute Gasteiger partial charge is 0.303 e. The fourth-order valence-electron chi connectivity index (χ4n) is 1.17. The smallest absolute Gasteiger partial charge is 0.127 e. The summed E-state index contributed by atoms with van der Waals surface area (Å²) >= 11 is 0. The summed E-state index contributed by atoms with van der Waals surface area (Å²) in [4.78, 5) is 10.5. The second kappa shape index (κ2) is 3.33. The van der Waals surface area contributed by atoms with E-state index >= 15 is 0 Å². The molecule has 2 unspecified atom stereocenters. The third kappa shape index (κ3) is 1.67. The predicted molar refractivity (Wildman–Crippen MR) is 46.1 cm³/mol. The molecule has 0 N–H and O–H groups in total. The monoisotopic (exact) mass is 148 g/mol. The molecule has 0 heterocycles. The van der Waals surface area contributed by atoms with Crippen LogP contribution in [0.2, 0.25) is 0 Å². The summed E-state index contributed by atoms with van der Waals surface area (Å²) in [6.45, 7) is 5.70. The van der Waals surface area contributed by atoms with Gasteiger partial charge in [-0.2, -0.15) is 0 Å². The average molecular weight is 148 g/mol. The number of hydrogen-bond acceptors (Lipinski definition) is 1. The fraction of sp³-hybridized carbons (Fsp3) is 0.300. The van der Waals surface area contributed by atoms with Gasteiger partial charge >= 0.3 is 0 Å². The normalized spacial score (nSPS) is 29.4. The summed E-state index contributed by atoms with van der Waals surface area (Å²) in [6, 6.07) is 0. The van der Waals surface area contributed by atoms with Crippen LogP contribution in [0.3, 0.4) is 0 Å². The van der Waals surface area contributed by atoms with Crippen molar-refractivity contribution in [1.82, 2.24) is 0 Å². The first-order valence-corrected chi connectivity index (χ1v) is 3.75. The molecule has 58 valence electrons. The van der Waals surface area contributed by atoms with Gasteiger partial charge in [0, 0.05) is 5.92 Å². The van der Waals surface area contributed by atoms with Crippen molar-refractivity contribution in [3.63, 3.8) is 0 Å². The van der Waals surface area contributed by atoms with E-state index in [0.717, 1.165) is 11.9 Å². The van der Waals surface area contributed by atoms with Crippen molar-refractivity contribution in [2.45, 2.75) is 6.92 Å². The number of carbonyl (C=O) groups is 1. The highest BCUT2D eigenvalue weighted by Gasteiger charge is 2.14. The van der Waals surface area contributed by atoms with E-state index in [-0.39, 0.29) is 5.92 Å². The van der Waals surface area contributed by atoms with Crippen LogP contribution in [-0.4, -0.2) is 6.29 Å². The maximum absolute atomic E-state index is 10.5. The lowest BCUT2D eigenvalue weighted by Gasteiger charge is -2.15. The van der Waals surface area contributed by atoms with E-state index in [0.29, 0.717) is 5.92 Å². The molecule has 1 nitrogen and oxygen atoms in total. The summed E-state index contributed by atoms with van der Waals surface area (Å²) in [5.74, 6) is 0.365. The van der Waals surface area contributed by atoms with Crippen molar-refractivity contribution in [1.29, 1.82) is 0 Å². The standard InChI is InChI=1S/C10H12O/c1-3-9-4-5-10(7-11)8(2)6-9/h3-8,10H,1H2,2H3. The first-order valence-electron chi connectivity index (χ1n) is 3.75. The maximum atomic E-state index is 10.5. The summed E-state index contributed by atoms with van der Waals surface area (Å²) in [5.41, 5.74) is 1.11. The van der Waals surface area contributed by atoms with Gasteiger partial charge in [-0.25, -0.2) is 0 Å². The molecule has 0 aliphatic heterocycles. The lowest BCUT2D eigenvalue weighted by molar-refractivity contribution is -0.110. The molecule has 1 heteroatoms. The van der Waals surface area contributed by atoms with Crippen LogP contribution in [0.1, 0.15) is 6.92 Å². The van der Waals surface area contributed by atoms with Crippen LogP contribution in [0.15, 0.2) is 36.5 Å². The molecule has 0 saturated carbocycles. The van der Waals surface area contributed by atoms with Crippen LogP contribution in [0.25, 0.3) is 0 Å². The Morgan fingerprint density at radius 3 is 2.82 bits per heavy atom. The van der Waals surface area contributed by atoms with Crippen LogP contribution in [0.4, 0.5) is 0 Å². The molecule has 1 rings (SSSR count). The predicted octanol–water partition coefficient (Wildman–Crippen LogP) is 2.12. The van der Waals surface area contributed by atoms with Gasteiger partial charge < -0.3 is 4.79 Å². The lowest BCUT2D eigenvalue weighted by atomic mass is 9.88. The molecule has 0 bridgehead atoms. The van der Waals surface area contributed by atoms with Gasteiger partial charge in [-0.3, -0.25) is 0 Å². The summed E-state index contributed by atoms with van der Waals surface area (Å²) in [5, 5.41) is 0. The van der Waals surface area contributed by atoms with Gasteiger partial charge in [-0.1, -0.05) is 37.8 Å². The minimum absolute atomic E-state index is 0.0544. The van der Waals surface area contributed by atoms with E-state index in [1.54, 1.807) is 6.08 Å². The number of rotatable bonds is 2. The molecule has 0 amide bonds. The Labute approximate surface area is 67.1 Å². The molecule has 0 aromatic heterocycles. The maximum Gasteiger partial charge on any atom is 0.127 e. The van der Waals surface area contributed by atoms with Gasteiger partial charge in [0.2, 0.25) is 0 Å². The Kier molecular flexibility index (Phi) is 2.42. The van der Waals surface area contributed by atoms with Crippen LogP contribution < -0.4 is 0 Å². The molecular formula is C10H12O. The highest BCUT2D eigenvalue weighted by molar-refractivity contribution is 5.59. The minimum atomic E-state index is 0.0544. The third-order valence-corrected chi connectivity index (χ3v) is 1.97. The molecule has 0 spiro atoms. The summed E-state index contributed by atoms with van der Waals surface area (Å²) in [6.07, 6.45) is 8.71. The van der Waals surface area contributed by atoms with Crippen molar-refractivity contribution in [2.75, 3.05) is 0 Å². The molecule has 1 aliphatic carbocycles. The zero-order chi connectivity index (χ0) is 8.27. The second-order valence-electron chi connectivity index (χ2n) is 2.80. The quantitative estimate of drug-likeness (QED) is 0.548. The number of carbonyl (C=O) groups excluding carboxylic acids is 1. The summed E-state index contributed by atoms with van der Waals surface area (Å²) in [7, 11) is 0. The van der Waals surface area contributed by atoms with Gasteiger partial charge in [0.05, 0.1) is 0 Å². The summed E-state index contributed by atoms with van der Waals surface area (Å²) < 4.78 is 0. The number of hydrogen-bond donors (Lipinski definition) is 0. The third-order valence-electron chi connectivity index (χ3n) is 1.97. The Morgan fingerprint density at radius 1 is 1.64 bits per heavy atom. The molecule has 2 atom stereocenters. The first-order chi connectivity index (χ1) is 5.27. The molecule has 0 aromatic rings. The van der Waals surface area contributed by atoms with E-state index in [9.17, 15) is 4.79 Å². The van der Waals surface area contributed by atoms with Crippen molar-refractivity contribution in [3.05, 3.63) is 36.5 Å². The average Bonchev–Trinajstić information content (AvgIpc) is 2.04. The van der Waals surface area contributed by atoms with E-state index in [1.165, 1.54) is 0 Å². The molecule has 0 radical (unpaired) electrons. The topological polar surface area (TPSA) is 17.1 Å². The highest BCUT2D eigenvalue weighted by Crippen LogP contribution is 2.20. The van der Waals surface area contributed by atoms with Gasteiger partial charge in [0.15, 0.2) is 0 Å². The van der Waals surface area contributed by atoms with E-state index < -0.39 is 0 Å². The van der Waals surface area contributed by atoms with Gasteiger partial charge in [-0.05, 0) is 11.5 Å². The molecule has 0 saturated heterocycles. The van der Waals surface area contributed by atoms with E-state index in [4.69, 9.17) is 0 Å². The Bertz CT molecular complexity index is 223. The number of allylic oxidation sites excluding steroid dienone is 5. The highest BCUT2D eigenvalue weighted by atomic mass is 16.1. The molecule has 0 aromatic carbocycles. The zero-order valence-electron chi connectivity index (χ0n) is 6.66. The Hall–Kier alpha value is -1.11. The molecule has 0 fully saturated rings. The van der Waals surface area contributed by atoms with Crippen molar-refractivity contribution >= 4 is 6.29 Å². The second-order valence-corrected chi connectivity index (χ2v) is 2.80. The molecular weight excluding hydrogens is 136 g/mol. The van der Waals surface area contributed by atoms with Crippen molar-refractivity contribution < 1.29 is 4.79 Å². The SMILES string of the molecule is C=CC1=CC(C)C(C=O)C=C1. The minimum Gasteiger partial charge on any atom is -0.303 e. The number of aldehydes is 1. The molecule has 1 aliphatic rings. The van der Waals surface area contributed by atoms with E-state index in [2.05, 4.69) is 12.7 Å². The first kappa shape index (κ1) is 7.99. The van der Waals surface area contributed by atoms with Crippen molar-refractivity contribution in [2.24, 2.45) is 11.8 Å². The van der Waals surface area contributed by atoms with Crippen LogP contribution in [0, 0.1) is 11.8 Å². The fourth-order valence-corrected chi connectivity index (χ4v) is 1.17. The Balaban J connectivity index is 2.78. The van der Waals surface area contributed by atoms with Crippen LogP contribution >= 0.6 is 0 Å². The van der Waals surface area contributed by atoms with Crippen LogP contribution in [0.5, 0.6) is 0 Å². The van der Waals surface area contributed by atoms with E-state index in [1.807, 2.05) is 19.1 Å². The zero-order valence-corrected chi connectivity index (χ0v) is 6.66. The Morgan fingerprint density at radius 2 is 2.36 bits per heavy atom. The lowest BCUT2D eigenvalue weighted by Crippen LogP contribution is -2.11.